The molecule has 2 N–H and O–H groups in total. The van der Waals surface area contributed by atoms with Crippen LogP contribution in [-0.2, 0) is 4.79 Å². The predicted molar refractivity (Wildman–Crippen MR) is 133 cm³/mol. The molecule has 1 atom stereocenters. The number of fused-ring (bicyclic) bond motifs is 1. The molecule has 0 saturated carbocycles. The second-order valence-corrected chi connectivity index (χ2v) is 8.50. The molecule has 35 heavy (non-hydrogen) atoms. The molecule has 4 aromatic rings. The summed E-state index contributed by atoms with van der Waals surface area (Å²) in [5.74, 6) is 0.838. The highest BCUT2D eigenvalue weighted by atomic mass is 16.1. The van der Waals surface area contributed by atoms with E-state index in [1.54, 1.807) is 41.3 Å². The van der Waals surface area contributed by atoms with Crippen LogP contribution in [0.15, 0.2) is 78.3 Å². The number of rotatable bonds is 4. The molecule has 1 unspecified atom stereocenters. The molecule has 172 valence electrons. The van der Waals surface area contributed by atoms with E-state index in [1.165, 1.54) is 5.56 Å². The third kappa shape index (κ3) is 4.15. The van der Waals surface area contributed by atoms with Crippen LogP contribution in [0, 0.1) is 25.2 Å². The first-order chi connectivity index (χ1) is 16.9. The molecule has 1 amide bonds. The van der Waals surface area contributed by atoms with Crippen molar-refractivity contribution in [1.29, 1.82) is 5.26 Å². The molecule has 0 spiro atoms. The predicted octanol–water partition coefficient (Wildman–Crippen LogP) is 4.76. The number of hydrogen-bond donors (Lipinski definition) is 2. The third-order valence-electron chi connectivity index (χ3n) is 6.14. The van der Waals surface area contributed by atoms with Crippen LogP contribution < -0.4 is 10.6 Å². The Morgan fingerprint density at radius 3 is 2.57 bits per heavy atom. The van der Waals surface area contributed by atoms with Crippen LogP contribution in [-0.4, -0.2) is 25.7 Å². The number of pyridine rings is 1. The number of nitrogens with zero attached hydrogens (tertiary/aromatic N) is 5. The molecule has 5 rings (SSSR count). The quantitative estimate of drug-likeness (QED) is 0.454. The number of benzene rings is 2. The lowest BCUT2D eigenvalue weighted by Gasteiger charge is -2.28. The highest BCUT2D eigenvalue weighted by Gasteiger charge is 2.34. The molecule has 3 heterocycles. The van der Waals surface area contributed by atoms with Crippen LogP contribution >= 0.6 is 0 Å². The summed E-state index contributed by atoms with van der Waals surface area (Å²) in [5.41, 5.74) is 6.37. The van der Waals surface area contributed by atoms with Gasteiger partial charge in [-0.1, -0.05) is 24.3 Å². The molecule has 0 bridgehead atoms. The van der Waals surface area contributed by atoms with Crippen molar-refractivity contribution in [2.24, 2.45) is 0 Å². The molecular weight excluding hydrogens is 438 g/mol. The number of aromatic nitrogens is 4. The van der Waals surface area contributed by atoms with Gasteiger partial charge in [-0.3, -0.25) is 9.78 Å². The van der Waals surface area contributed by atoms with Crippen molar-refractivity contribution < 1.29 is 4.79 Å². The molecular formula is C27H23N7O. The Balaban J connectivity index is 1.61. The SMILES string of the molecule is CC1=C(C(=O)Nc2cccnc2)C(c2ccc(C#N)cc2)n2nc(-c3ccc(C)c(C)c3)nc2N1. The summed E-state index contributed by atoms with van der Waals surface area (Å²) in [6, 6.07) is 18.4. The maximum atomic E-state index is 13.5. The van der Waals surface area contributed by atoms with Gasteiger partial charge in [0.05, 0.1) is 29.1 Å². The van der Waals surface area contributed by atoms with Gasteiger partial charge in [0.15, 0.2) is 5.82 Å². The topological polar surface area (TPSA) is 109 Å². The standard InChI is InChI=1S/C27H23N7O/c1-16-6-9-21(13-17(16)2)25-32-27-30-18(3)23(26(35)31-22-5-4-12-29-15-22)24(34(27)33-25)20-10-7-19(14-28)8-11-20/h4-13,15,24H,1-3H3,(H,31,35)(H,30,32,33). The van der Waals surface area contributed by atoms with Crippen molar-refractivity contribution >= 4 is 17.5 Å². The maximum absolute atomic E-state index is 13.5. The van der Waals surface area contributed by atoms with Crippen molar-refractivity contribution in [3.05, 3.63) is 101 Å². The summed E-state index contributed by atoms with van der Waals surface area (Å²) in [5, 5.41) is 20.3. The van der Waals surface area contributed by atoms with E-state index in [1.807, 2.05) is 31.2 Å². The second kappa shape index (κ2) is 8.88. The highest BCUT2D eigenvalue weighted by Crippen LogP contribution is 2.37. The van der Waals surface area contributed by atoms with E-state index in [2.05, 4.69) is 41.6 Å². The first-order valence-corrected chi connectivity index (χ1v) is 11.2. The molecule has 0 fully saturated rings. The highest BCUT2D eigenvalue weighted by molar-refractivity contribution is 6.05. The summed E-state index contributed by atoms with van der Waals surface area (Å²) < 4.78 is 1.73. The van der Waals surface area contributed by atoms with Gasteiger partial charge in [0, 0.05) is 17.5 Å². The van der Waals surface area contributed by atoms with Gasteiger partial charge >= 0.3 is 0 Å². The smallest absolute Gasteiger partial charge is 0.255 e. The third-order valence-corrected chi connectivity index (χ3v) is 6.14. The number of carbonyl (C=O) groups excluding carboxylic acids is 1. The lowest BCUT2D eigenvalue weighted by Crippen LogP contribution is -2.31. The molecule has 1 aliphatic heterocycles. The molecule has 0 radical (unpaired) electrons. The van der Waals surface area contributed by atoms with Gasteiger partial charge in [0.25, 0.3) is 5.91 Å². The van der Waals surface area contributed by atoms with Crippen LogP contribution in [0.1, 0.15) is 35.2 Å². The second-order valence-electron chi connectivity index (χ2n) is 8.50. The number of amides is 1. The Morgan fingerprint density at radius 2 is 1.89 bits per heavy atom. The van der Waals surface area contributed by atoms with E-state index in [4.69, 9.17) is 10.1 Å². The van der Waals surface area contributed by atoms with Crippen LogP contribution in [0.25, 0.3) is 11.4 Å². The van der Waals surface area contributed by atoms with Crippen molar-refractivity contribution in [2.75, 3.05) is 10.6 Å². The minimum absolute atomic E-state index is 0.272. The lowest BCUT2D eigenvalue weighted by molar-refractivity contribution is -0.113. The zero-order chi connectivity index (χ0) is 24.5. The molecule has 2 aromatic carbocycles. The van der Waals surface area contributed by atoms with Gasteiger partial charge in [0.1, 0.15) is 6.04 Å². The van der Waals surface area contributed by atoms with Gasteiger partial charge in [-0.25, -0.2) is 4.68 Å². The number of anilines is 2. The van der Waals surface area contributed by atoms with Crippen molar-refractivity contribution in [1.82, 2.24) is 19.7 Å². The fraction of sp³-hybridized carbons (Fsp3) is 0.148. The van der Waals surface area contributed by atoms with Crippen LogP contribution in [0.5, 0.6) is 0 Å². The molecule has 8 heteroatoms. The minimum atomic E-state index is -0.538. The average Bonchev–Trinajstić information content (AvgIpc) is 3.29. The van der Waals surface area contributed by atoms with Gasteiger partial charge < -0.3 is 10.6 Å². The van der Waals surface area contributed by atoms with E-state index in [0.29, 0.717) is 34.3 Å². The Kier molecular flexibility index (Phi) is 5.59. The van der Waals surface area contributed by atoms with E-state index in [0.717, 1.165) is 16.7 Å². The first-order valence-electron chi connectivity index (χ1n) is 11.2. The summed E-state index contributed by atoms with van der Waals surface area (Å²) in [6.07, 6.45) is 3.25. The summed E-state index contributed by atoms with van der Waals surface area (Å²) >= 11 is 0. The molecule has 8 nitrogen and oxygen atoms in total. The number of hydrogen-bond acceptors (Lipinski definition) is 6. The normalized spacial score (nSPS) is 14.6. The molecule has 1 aliphatic rings. The largest absolute Gasteiger partial charge is 0.328 e. The summed E-state index contributed by atoms with van der Waals surface area (Å²) in [6.45, 7) is 5.97. The Morgan fingerprint density at radius 1 is 1.09 bits per heavy atom. The van der Waals surface area contributed by atoms with Gasteiger partial charge in [0.2, 0.25) is 5.95 Å². The summed E-state index contributed by atoms with van der Waals surface area (Å²) in [7, 11) is 0. The van der Waals surface area contributed by atoms with Gasteiger partial charge in [-0.15, -0.1) is 5.10 Å². The fourth-order valence-electron chi connectivity index (χ4n) is 4.13. The summed E-state index contributed by atoms with van der Waals surface area (Å²) in [4.78, 5) is 22.3. The molecule has 0 saturated heterocycles. The van der Waals surface area contributed by atoms with E-state index in [-0.39, 0.29) is 5.91 Å². The zero-order valence-corrected chi connectivity index (χ0v) is 19.6. The molecule has 2 aromatic heterocycles. The molecule has 0 aliphatic carbocycles. The van der Waals surface area contributed by atoms with Crippen molar-refractivity contribution in [2.45, 2.75) is 26.8 Å². The number of nitriles is 1. The van der Waals surface area contributed by atoms with Crippen LogP contribution in [0.2, 0.25) is 0 Å². The maximum Gasteiger partial charge on any atom is 0.255 e. The number of allylic oxidation sites excluding steroid dienone is 1. The van der Waals surface area contributed by atoms with Crippen LogP contribution in [0.4, 0.5) is 11.6 Å². The van der Waals surface area contributed by atoms with Crippen LogP contribution in [0.3, 0.4) is 0 Å². The van der Waals surface area contributed by atoms with Gasteiger partial charge in [-0.05, 0) is 67.8 Å². The monoisotopic (exact) mass is 461 g/mol. The Labute approximate surface area is 203 Å². The van der Waals surface area contributed by atoms with Gasteiger partial charge in [-0.2, -0.15) is 10.2 Å². The van der Waals surface area contributed by atoms with E-state index >= 15 is 0 Å². The zero-order valence-electron chi connectivity index (χ0n) is 19.6. The van der Waals surface area contributed by atoms with Crippen molar-refractivity contribution in [3.8, 4) is 17.5 Å². The first kappa shape index (κ1) is 22.0. The number of aryl methyl sites for hydroxylation is 2. The number of carbonyl (C=O) groups is 1. The van der Waals surface area contributed by atoms with E-state index in [9.17, 15) is 10.1 Å². The fourth-order valence-corrected chi connectivity index (χ4v) is 4.13. The Bertz CT molecular complexity index is 1500. The van der Waals surface area contributed by atoms with Crippen molar-refractivity contribution in [3.63, 3.8) is 0 Å². The average molecular weight is 462 g/mol. The minimum Gasteiger partial charge on any atom is -0.328 e. The number of nitrogens with one attached hydrogen (secondary N) is 2. The Hall–Kier alpha value is -4.77. The van der Waals surface area contributed by atoms with E-state index < -0.39 is 6.04 Å². The lowest BCUT2D eigenvalue weighted by atomic mass is 9.94.